The van der Waals surface area contributed by atoms with Gasteiger partial charge >= 0.3 is 0 Å². The molecule has 1 atom stereocenters. The van der Waals surface area contributed by atoms with E-state index in [1.165, 1.54) is 38.2 Å². The molecule has 2 rings (SSSR count). The van der Waals surface area contributed by atoms with Crippen LogP contribution in [0.5, 0.6) is 0 Å². The topological polar surface area (TPSA) is 12.0 Å². The Labute approximate surface area is 133 Å². The van der Waals surface area contributed by atoms with Crippen molar-refractivity contribution in [2.45, 2.75) is 58.4 Å². The van der Waals surface area contributed by atoms with E-state index in [4.69, 9.17) is 11.6 Å². The summed E-state index contributed by atoms with van der Waals surface area (Å²) in [7, 11) is 0. The monoisotopic (exact) mass is 311 g/mol. The zero-order valence-corrected chi connectivity index (χ0v) is 13.9. The van der Waals surface area contributed by atoms with Crippen LogP contribution in [0, 0.1) is 17.7 Å². The molecule has 21 heavy (non-hydrogen) atoms. The molecule has 0 amide bonds. The molecule has 0 aliphatic heterocycles. The summed E-state index contributed by atoms with van der Waals surface area (Å²) in [6.07, 6.45) is 7.12. The highest BCUT2D eigenvalue weighted by molar-refractivity contribution is 6.31. The minimum atomic E-state index is -0.173. The molecule has 1 N–H and O–H groups in total. The summed E-state index contributed by atoms with van der Waals surface area (Å²) in [5.74, 6) is 1.36. The zero-order chi connectivity index (χ0) is 15.2. The number of hydrogen-bond donors (Lipinski definition) is 1. The van der Waals surface area contributed by atoms with Gasteiger partial charge < -0.3 is 5.32 Å². The predicted octanol–water partition coefficient (Wildman–Crippen LogP) is 5.22. The third kappa shape index (κ3) is 4.43. The van der Waals surface area contributed by atoms with Crippen LogP contribution in [0.1, 0.15) is 51.5 Å². The molecule has 1 nitrogen and oxygen atoms in total. The van der Waals surface area contributed by atoms with Crippen LogP contribution in [-0.4, -0.2) is 12.6 Å². The molecule has 0 spiro atoms. The summed E-state index contributed by atoms with van der Waals surface area (Å²) in [6, 6.07) is 5.31. The Morgan fingerprint density at radius 2 is 1.95 bits per heavy atom. The van der Waals surface area contributed by atoms with Crippen molar-refractivity contribution in [2.75, 3.05) is 6.54 Å². The largest absolute Gasteiger partial charge is 0.314 e. The molecule has 1 aromatic carbocycles. The lowest BCUT2D eigenvalue weighted by molar-refractivity contribution is 0.217. The van der Waals surface area contributed by atoms with Crippen molar-refractivity contribution < 1.29 is 4.39 Å². The second-order valence-corrected chi connectivity index (χ2v) is 6.66. The maximum Gasteiger partial charge on any atom is 0.127 e. The molecule has 1 aliphatic rings. The fourth-order valence-electron chi connectivity index (χ4n) is 3.61. The predicted molar refractivity (Wildman–Crippen MR) is 88.3 cm³/mol. The van der Waals surface area contributed by atoms with E-state index in [9.17, 15) is 4.39 Å². The Hall–Kier alpha value is -0.600. The van der Waals surface area contributed by atoms with Crippen LogP contribution in [0.4, 0.5) is 4.39 Å². The van der Waals surface area contributed by atoms with Gasteiger partial charge in [0.2, 0.25) is 0 Å². The number of halogens is 2. The average molecular weight is 312 g/mol. The lowest BCUT2D eigenvalue weighted by atomic mass is 9.76. The molecule has 1 unspecified atom stereocenters. The molecule has 0 aromatic heterocycles. The molecule has 1 aliphatic carbocycles. The van der Waals surface area contributed by atoms with Crippen LogP contribution in [0.2, 0.25) is 5.02 Å². The van der Waals surface area contributed by atoms with E-state index < -0.39 is 0 Å². The number of likely N-dealkylation sites (N-methyl/N-ethyl adjacent to an activating group) is 1. The summed E-state index contributed by atoms with van der Waals surface area (Å²) in [5.41, 5.74) is 0.669. The minimum Gasteiger partial charge on any atom is -0.314 e. The van der Waals surface area contributed by atoms with Crippen molar-refractivity contribution in [3.8, 4) is 0 Å². The first-order chi connectivity index (χ1) is 10.2. The van der Waals surface area contributed by atoms with Crippen LogP contribution in [-0.2, 0) is 6.42 Å². The maximum absolute atomic E-state index is 14.0. The van der Waals surface area contributed by atoms with Gasteiger partial charge in [-0.3, -0.25) is 0 Å². The van der Waals surface area contributed by atoms with Crippen molar-refractivity contribution >= 4 is 11.6 Å². The van der Waals surface area contributed by atoms with E-state index in [0.717, 1.165) is 12.5 Å². The molecular weight excluding hydrogens is 285 g/mol. The smallest absolute Gasteiger partial charge is 0.127 e. The van der Waals surface area contributed by atoms with E-state index in [0.29, 0.717) is 29.0 Å². The van der Waals surface area contributed by atoms with Crippen molar-refractivity contribution in [1.82, 2.24) is 5.32 Å². The lowest BCUT2D eigenvalue weighted by Gasteiger charge is -2.34. The van der Waals surface area contributed by atoms with Crippen LogP contribution >= 0.6 is 11.6 Å². The fourth-order valence-corrected chi connectivity index (χ4v) is 3.85. The SMILES string of the molecule is CCNC(Cc1c(F)cccc1Cl)C1CCC(CC)CC1. The van der Waals surface area contributed by atoms with Gasteiger partial charge in [-0.1, -0.05) is 50.8 Å². The third-order valence-electron chi connectivity index (χ3n) is 4.99. The standard InChI is InChI=1S/C18H27ClFN/c1-3-13-8-10-14(11-9-13)18(21-4-2)12-15-16(19)6-5-7-17(15)20/h5-7,13-14,18,21H,3-4,8-12H2,1-2H3. The van der Waals surface area contributed by atoms with Gasteiger partial charge in [-0.15, -0.1) is 0 Å². The fraction of sp³-hybridized carbons (Fsp3) is 0.667. The van der Waals surface area contributed by atoms with Crippen molar-refractivity contribution in [1.29, 1.82) is 0 Å². The highest BCUT2D eigenvalue weighted by atomic mass is 35.5. The third-order valence-corrected chi connectivity index (χ3v) is 5.34. The van der Waals surface area contributed by atoms with Gasteiger partial charge in [0.25, 0.3) is 0 Å². The number of nitrogens with one attached hydrogen (secondary N) is 1. The van der Waals surface area contributed by atoms with Crippen molar-refractivity contribution in [2.24, 2.45) is 11.8 Å². The van der Waals surface area contributed by atoms with Crippen molar-refractivity contribution in [3.63, 3.8) is 0 Å². The molecule has 0 saturated heterocycles. The van der Waals surface area contributed by atoms with E-state index in [-0.39, 0.29) is 5.82 Å². The Kier molecular flexibility index (Phi) is 6.50. The van der Waals surface area contributed by atoms with Gasteiger partial charge in [0.15, 0.2) is 0 Å². The highest BCUT2D eigenvalue weighted by Gasteiger charge is 2.27. The molecule has 1 saturated carbocycles. The maximum atomic E-state index is 14.0. The Morgan fingerprint density at radius 1 is 1.24 bits per heavy atom. The van der Waals surface area contributed by atoms with E-state index in [2.05, 4.69) is 19.2 Å². The second-order valence-electron chi connectivity index (χ2n) is 6.26. The molecule has 0 radical (unpaired) electrons. The Morgan fingerprint density at radius 3 is 2.52 bits per heavy atom. The lowest BCUT2D eigenvalue weighted by Crippen LogP contribution is -2.40. The molecule has 3 heteroatoms. The minimum absolute atomic E-state index is 0.173. The van der Waals surface area contributed by atoms with E-state index in [1.54, 1.807) is 12.1 Å². The summed E-state index contributed by atoms with van der Waals surface area (Å²) in [6.45, 7) is 5.32. The first-order valence-electron chi connectivity index (χ1n) is 8.31. The first kappa shape index (κ1) is 16.8. The van der Waals surface area contributed by atoms with Crippen LogP contribution < -0.4 is 5.32 Å². The summed E-state index contributed by atoms with van der Waals surface area (Å²) in [4.78, 5) is 0. The Bertz CT molecular complexity index is 421. The highest BCUT2D eigenvalue weighted by Crippen LogP contribution is 2.34. The van der Waals surface area contributed by atoms with Gasteiger partial charge in [-0.05, 0) is 49.8 Å². The quantitative estimate of drug-likeness (QED) is 0.760. The molecular formula is C18H27ClFN. The molecule has 0 bridgehead atoms. The van der Waals surface area contributed by atoms with Gasteiger partial charge in [-0.2, -0.15) is 0 Å². The number of hydrogen-bond acceptors (Lipinski definition) is 1. The van der Waals surface area contributed by atoms with Crippen LogP contribution in [0.25, 0.3) is 0 Å². The number of rotatable bonds is 6. The van der Waals surface area contributed by atoms with Gasteiger partial charge in [-0.25, -0.2) is 4.39 Å². The van der Waals surface area contributed by atoms with E-state index in [1.807, 2.05) is 0 Å². The molecule has 0 heterocycles. The molecule has 118 valence electrons. The zero-order valence-electron chi connectivity index (χ0n) is 13.2. The van der Waals surface area contributed by atoms with Gasteiger partial charge in [0.1, 0.15) is 5.82 Å². The first-order valence-corrected chi connectivity index (χ1v) is 8.69. The second kappa shape index (κ2) is 8.14. The van der Waals surface area contributed by atoms with E-state index >= 15 is 0 Å². The Balaban J connectivity index is 2.05. The summed E-state index contributed by atoms with van der Waals surface area (Å²) in [5, 5.41) is 4.12. The molecule has 1 fully saturated rings. The normalized spacial score (nSPS) is 24.0. The van der Waals surface area contributed by atoms with Gasteiger partial charge in [0, 0.05) is 16.6 Å². The average Bonchev–Trinajstić information content (AvgIpc) is 2.50. The molecule has 1 aromatic rings. The van der Waals surface area contributed by atoms with Gasteiger partial charge in [0.05, 0.1) is 0 Å². The summed E-state index contributed by atoms with van der Waals surface area (Å²) >= 11 is 6.19. The van der Waals surface area contributed by atoms with Crippen molar-refractivity contribution in [3.05, 3.63) is 34.6 Å². The van der Waals surface area contributed by atoms with Crippen LogP contribution in [0.3, 0.4) is 0 Å². The summed E-state index contributed by atoms with van der Waals surface area (Å²) < 4.78 is 14.0. The number of benzene rings is 1. The van der Waals surface area contributed by atoms with Crippen LogP contribution in [0.15, 0.2) is 18.2 Å².